The maximum Gasteiger partial charge on any atom is 0.416 e. The van der Waals surface area contributed by atoms with Gasteiger partial charge in [0.05, 0.1) is 16.8 Å². The molecule has 3 aromatic rings. The maximum absolute atomic E-state index is 12.8. The third kappa shape index (κ3) is 3.07. The van der Waals surface area contributed by atoms with Gasteiger partial charge in [0.15, 0.2) is 0 Å². The normalized spacial score (nSPS) is 11.0. The number of rotatable bonds is 2. The van der Waals surface area contributed by atoms with Crippen LogP contribution in [0.4, 0.5) is 19.0 Å². The van der Waals surface area contributed by atoms with Gasteiger partial charge in [0, 0.05) is 18.8 Å². The van der Waals surface area contributed by atoms with Crippen LogP contribution in [-0.4, -0.2) is 14.8 Å². The second-order valence-electron chi connectivity index (χ2n) is 5.61. The highest BCUT2D eigenvalue weighted by molar-refractivity contribution is 5.86. The second-order valence-corrected chi connectivity index (χ2v) is 5.61. The van der Waals surface area contributed by atoms with E-state index in [0.717, 1.165) is 12.1 Å². The Bertz CT molecular complexity index is 1100. The average molecular weight is 368 g/mol. The van der Waals surface area contributed by atoms with Gasteiger partial charge < -0.3 is 5.73 Å². The number of alkyl halides is 3. The third-order valence-electron chi connectivity index (χ3n) is 4.01. The Morgan fingerprint density at radius 2 is 1.67 bits per heavy atom. The van der Waals surface area contributed by atoms with Crippen LogP contribution in [-0.2, 0) is 13.2 Å². The first-order valence-electron chi connectivity index (χ1n) is 7.57. The number of nitriles is 2. The van der Waals surface area contributed by atoms with Crippen molar-refractivity contribution in [1.29, 1.82) is 10.5 Å². The van der Waals surface area contributed by atoms with Gasteiger partial charge in [0.25, 0.3) is 0 Å². The van der Waals surface area contributed by atoms with Crippen LogP contribution in [0.25, 0.3) is 22.5 Å². The fraction of sp³-hybridized carbons (Fsp3) is 0.111. The molecule has 6 nitrogen and oxygen atoms in total. The number of hydrogen-bond acceptors (Lipinski definition) is 5. The zero-order chi connectivity index (χ0) is 19.8. The molecule has 0 fully saturated rings. The molecule has 0 atom stereocenters. The molecule has 27 heavy (non-hydrogen) atoms. The fourth-order valence-corrected chi connectivity index (χ4v) is 2.73. The highest BCUT2D eigenvalue weighted by atomic mass is 19.4. The Balaban J connectivity index is 2.32. The number of halogens is 3. The van der Waals surface area contributed by atoms with Gasteiger partial charge in [0.2, 0.25) is 0 Å². The van der Waals surface area contributed by atoms with Gasteiger partial charge in [0.1, 0.15) is 29.2 Å². The minimum Gasteiger partial charge on any atom is -0.383 e. The van der Waals surface area contributed by atoms with Crippen LogP contribution in [0.5, 0.6) is 0 Å². The average Bonchev–Trinajstić information content (AvgIpc) is 3.06. The molecule has 0 amide bonds. The number of aromatic nitrogens is 3. The van der Waals surface area contributed by atoms with Crippen molar-refractivity contribution in [2.24, 2.45) is 7.05 Å². The molecule has 0 unspecified atom stereocenters. The molecule has 0 aliphatic rings. The number of nitrogen functional groups attached to an aromatic ring is 1. The molecule has 2 N–H and O–H groups in total. The molecule has 2 heterocycles. The molecule has 0 spiro atoms. The lowest BCUT2D eigenvalue weighted by Crippen LogP contribution is -2.07. The number of nitrogens with zero attached hydrogens (tertiary/aromatic N) is 5. The molecule has 134 valence electrons. The van der Waals surface area contributed by atoms with Crippen LogP contribution < -0.4 is 5.73 Å². The molecular formula is C18H11F3N6. The molecule has 0 aliphatic heterocycles. The van der Waals surface area contributed by atoms with E-state index in [-0.39, 0.29) is 33.8 Å². The van der Waals surface area contributed by atoms with E-state index in [2.05, 4.69) is 10.1 Å². The summed E-state index contributed by atoms with van der Waals surface area (Å²) in [5.74, 6) is -0.123. The van der Waals surface area contributed by atoms with Crippen LogP contribution in [0.1, 0.15) is 16.7 Å². The molecule has 3 rings (SSSR count). The van der Waals surface area contributed by atoms with Gasteiger partial charge in [-0.3, -0.25) is 4.68 Å². The molecule has 1 aromatic carbocycles. The van der Waals surface area contributed by atoms with E-state index >= 15 is 0 Å². The first-order chi connectivity index (χ1) is 12.8. The van der Waals surface area contributed by atoms with Gasteiger partial charge in [-0.25, -0.2) is 4.98 Å². The van der Waals surface area contributed by atoms with Crippen molar-refractivity contribution in [3.8, 4) is 34.7 Å². The quantitative estimate of drug-likeness (QED) is 0.745. The molecule has 2 aromatic heterocycles. The highest BCUT2D eigenvalue weighted by Gasteiger charge is 2.30. The lowest BCUT2D eigenvalue weighted by atomic mass is 9.93. The maximum atomic E-state index is 12.8. The van der Waals surface area contributed by atoms with Crippen molar-refractivity contribution in [1.82, 2.24) is 14.8 Å². The summed E-state index contributed by atoms with van der Waals surface area (Å²) in [7, 11) is 1.64. The number of aryl methyl sites for hydroxylation is 1. The van der Waals surface area contributed by atoms with Gasteiger partial charge in [-0.05, 0) is 23.8 Å². The van der Waals surface area contributed by atoms with Gasteiger partial charge in [-0.2, -0.15) is 28.8 Å². The monoisotopic (exact) mass is 368 g/mol. The van der Waals surface area contributed by atoms with E-state index in [1.54, 1.807) is 13.1 Å². The van der Waals surface area contributed by atoms with Gasteiger partial charge >= 0.3 is 6.18 Å². The Hall–Kier alpha value is -3.85. The fourth-order valence-electron chi connectivity index (χ4n) is 2.73. The van der Waals surface area contributed by atoms with Crippen LogP contribution in [0.3, 0.4) is 0 Å². The van der Waals surface area contributed by atoms with E-state index in [1.165, 1.54) is 23.0 Å². The Morgan fingerprint density at radius 3 is 2.15 bits per heavy atom. The van der Waals surface area contributed by atoms with Crippen LogP contribution in [0.15, 0.2) is 36.5 Å². The van der Waals surface area contributed by atoms with Gasteiger partial charge in [-0.1, -0.05) is 12.1 Å². The zero-order valence-corrected chi connectivity index (χ0v) is 13.9. The summed E-state index contributed by atoms with van der Waals surface area (Å²) in [5, 5.41) is 23.2. The Morgan fingerprint density at radius 1 is 1.04 bits per heavy atom. The SMILES string of the molecule is Cn1nccc1-c1nc(N)c(C#N)c(-c2ccc(C(F)(F)F)cc2)c1C#N. The summed E-state index contributed by atoms with van der Waals surface area (Å²) >= 11 is 0. The van der Waals surface area contributed by atoms with Crippen LogP contribution in [0, 0.1) is 22.7 Å². The third-order valence-corrected chi connectivity index (χ3v) is 4.01. The topological polar surface area (TPSA) is 104 Å². The van der Waals surface area contributed by atoms with Crippen molar-refractivity contribution in [3.05, 3.63) is 53.2 Å². The van der Waals surface area contributed by atoms with Crippen molar-refractivity contribution in [2.75, 3.05) is 5.73 Å². The Labute approximate surface area is 151 Å². The number of pyridine rings is 1. The molecule has 0 aliphatic carbocycles. The van der Waals surface area contributed by atoms with Crippen molar-refractivity contribution in [3.63, 3.8) is 0 Å². The van der Waals surface area contributed by atoms with Crippen molar-refractivity contribution >= 4 is 5.82 Å². The number of anilines is 1. The number of hydrogen-bond donors (Lipinski definition) is 1. The lowest BCUT2D eigenvalue weighted by molar-refractivity contribution is -0.137. The standard InChI is InChI=1S/C18H11F3N6/c1-27-14(6-7-25-27)16-12(8-22)15(13(9-23)17(24)26-16)10-2-4-11(5-3-10)18(19,20)21/h2-7H,1H3,(H2,24,26). The summed E-state index contributed by atoms with van der Waals surface area (Å²) in [6.45, 7) is 0. The smallest absolute Gasteiger partial charge is 0.383 e. The molecule has 0 saturated heterocycles. The first-order valence-corrected chi connectivity index (χ1v) is 7.57. The highest BCUT2D eigenvalue weighted by Crippen LogP contribution is 2.37. The first kappa shape index (κ1) is 18.0. The molecule has 0 bridgehead atoms. The predicted octanol–water partition coefficient (Wildman–Crippen LogP) is 3.49. The predicted molar refractivity (Wildman–Crippen MR) is 90.7 cm³/mol. The second kappa shape index (κ2) is 6.46. The summed E-state index contributed by atoms with van der Waals surface area (Å²) in [6.07, 6.45) is -2.99. The van der Waals surface area contributed by atoms with E-state index in [1.807, 2.05) is 12.1 Å². The molecule has 9 heteroatoms. The summed E-state index contributed by atoms with van der Waals surface area (Å²) in [4.78, 5) is 4.15. The zero-order valence-electron chi connectivity index (χ0n) is 13.9. The minimum absolute atomic E-state index is 0.0316. The van der Waals surface area contributed by atoms with E-state index < -0.39 is 11.7 Å². The van der Waals surface area contributed by atoms with Crippen molar-refractivity contribution < 1.29 is 13.2 Å². The van der Waals surface area contributed by atoms with E-state index in [9.17, 15) is 23.7 Å². The Kier molecular flexibility index (Phi) is 4.30. The van der Waals surface area contributed by atoms with Crippen LogP contribution in [0.2, 0.25) is 0 Å². The van der Waals surface area contributed by atoms with Crippen molar-refractivity contribution in [2.45, 2.75) is 6.18 Å². The number of benzene rings is 1. The summed E-state index contributed by atoms with van der Waals surface area (Å²) in [5.41, 5.74) is 6.09. The summed E-state index contributed by atoms with van der Waals surface area (Å²) in [6, 6.07) is 9.67. The molecular weight excluding hydrogens is 357 g/mol. The van der Waals surface area contributed by atoms with E-state index in [4.69, 9.17) is 5.73 Å². The molecule has 0 saturated carbocycles. The minimum atomic E-state index is -4.49. The van der Waals surface area contributed by atoms with Gasteiger partial charge in [-0.15, -0.1) is 0 Å². The van der Waals surface area contributed by atoms with E-state index in [0.29, 0.717) is 5.69 Å². The number of nitrogens with two attached hydrogens (primary N) is 1. The largest absolute Gasteiger partial charge is 0.416 e. The molecule has 0 radical (unpaired) electrons. The lowest BCUT2D eigenvalue weighted by Gasteiger charge is -2.14. The van der Waals surface area contributed by atoms with Crippen LogP contribution >= 0.6 is 0 Å². The summed E-state index contributed by atoms with van der Waals surface area (Å²) < 4.78 is 40.0.